The Bertz CT molecular complexity index is 1450. The summed E-state index contributed by atoms with van der Waals surface area (Å²) in [5.41, 5.74) is 4.67. The Morgan fingerprint density at radius 2 is 1.81 bits per heavy atom. The van der Waals surface area contributed by atoms with E-state index in [1.165, 1.54) is 11.3 Å². The Labute approximate surface area is 212 Å². The fraction of sp³-hybridized carbons (Fsp3) is 0.259. The van der Waals surface area contributed by atoms with Gasteiger partial charge < -0.3 is 14.2 Å². The van der Waals surface area contributed by atoms with Crippen LogP contribution in [-0.2, 0) is 22.4 Å². The molecule has 1 aliphatic rings. The van der Waals surface area contributed by atoms with E-state index in [9.17, 15) is 9.59 Å². The minimum absolute atomic E-state index is 0.407. The predicted molar refractivity (Wildman–Crippen MR) is 138 cm³/mol. The van der Waals surface area contributed by atoms with E-state index in [0.717, 1.165) is 53.4 Å². The number of hydrogen-bond acceptors (Lipinski definition) is 8. The number of para-hydroxylation sites is 1. The van der Waals surface area contributed by atoms with Crippen LogP contribution >= 0.6 is 11.3 Å². The van der Waals surface area contributed by atoms with Gasteiger partial charge in [0.1, 0.15) is 0 Å². The van der Waals surface area contributed by atoms with E-state index in [1.807, 2.05) is 41.8 Å². The standard InChI is InChI=1S/C27H25N3O5S/c1-33-22-12-11-16(13-23(22)34-2)21-15-36-27(29-21)30-24(31)14-35-26(32)25-17-7-3-5-9-19(17)28-20-10-6-4-8-18(20)25/h3,5,7,9,11-13,15H,4,6,8,10,14H2,1-2H3,(H,29,30,31). The van der Waals surface area contributed by atoms with Crippen molar-refractivity contribution in [3.63, 3.8) is 0 Å². The van der Waals surface area contributed by atoms with Gasteiger partial charge in [0.15, 0.2) is 23.2 Å². The first-order valence-corrected chi connectivity index (χ1v) is 12.5. The molecule has 9 heteroatoms. The Morgan fingerprint density at radius 1 is 1.00 bits per heavy atom. The lowest BCUT2D eigenvalue weighted by Gasteiger charge is -2.19. The molecule has 4 aromatic rings. The number of aromatic nitrogens is 2. The summed E-state index contributed by atoms with van der Waals surface area (Å²) >= 11 is 1.28. The molecule has 0 radical (unpaired) electrons. The van der Waals surface area contributed by atoms with Crippen molar-refractivity contribution in [3.8, 4) is 22.8 Å². The maximum Gasteiger partial charge on any atom is 0.339 e. The van der Waals surface area contributed by atoms with E-state index in [1.54, 1.807) is 20.3 Å². The van der Waals surface area contributed by atoms with Crippen molar-refractivity contribution >= 4 is 39.2 Å². The number of ether oxygens (including phenoxy) is 3. The molecule has 0 atom stereocenters. The van der Waals surface area contributed by atoms with Crippen molar-refractivity contribution in [1.82, 2.24) is 9.97 Å². The van der Waals surface area contributed by atoms with Gasteiger partial charge in [0.25, 0.3) is 5.91 Å². The molecule has 1 aliphatic carbocycles. The average Bonchev–Trinajstić information content (AvgIpc) is 3.38. The number of aryl methyl sites for hydroxylation is 1. The maximum absolute atomic E-state index is 13.1. The van der Waals surface area contributed by atoms with Gasteiger partial charge in [-0.15, -0.1) is 11.3 Å². The number of nitrogens with one attached hydrogen (secondary N) is 1. The third-order valence-electron chi connectivity index (χ3n) is 6.14. The van der Waals surface area contributed by atoms with Crippen molar-refractivity contribution < 1.29 is 23.8 Å². The van der Waals surface area contributed by atoms with Gasteiger partial charge >= 0.3 is 5.97 Å². The SMILES string of the molecule is COc1ccc(-c2csc(NC(=O)COC(=O)c3c4c(nc5ccccc35)CCCC4)n2)cc1OC. The number of thiazole rings is 1. The molecule has 1 N–H and O–H groups in total. The number of rotatable bonds is 7. The number of esters is 1. The number of fused-ring (bicyclic) bond motifs is 2. The third kappa shape index (κ3) is 4.74. The largest absolute Gasteiger partial charge is 0.493 e. The summed E-state index contributed by atoms with van der Waals surface area (Å²) in [4.78, 5) is 34.9. The zero-order valence-electron chi connectivity index (χ0n) is 20.0. The van der Waals surface area contributed by atoms with E-state index in [2.05, 4.69) is 10.3 Å². The highest BCUT2D eigenvalue weighted by atomic mass is 32.1. The quantitative estimate of drug-likeness (QED) is 0.352. The second kappa shape index (κ2) is 10.3. The Kier molecular flexibility index (Phi) is 6.81. The number of methoxy groups -OCH3 is 2. The molecule has 1 amide bonds. The first-order chi connectivity index (χ1) is 17.6. The molecule has 2 heterocycles. The molecule has 184 valence electrons. The lowest BCUT2D eigenvalue weighted by Crippen LogP contribution is -2.22. The van der Waals surface area contributed by atoms with Crippen molar-refractivity contribution in [1.29, 1.82) is 0 Å². The van der Waals surface area contributed by atoms with Crippen molar-refractivity contribution in [2.24, 2.45) is 0 Å². The Balaban J connectivity index is 1.28. The second-order valence-corrected chi connectivity index (χ2v) is 9.23. The molecule has 8 nitrogen and oxygen atoms in total. The lowest BCUT2D eigenvalue weighted by atomic mass is 9.90. The predicted octanol–water partition coefficient (Wildman–Crippen LogP) is 5.05. The van der Waals surface area contributed by atoms with Crippen molar-refractivity contribution in [3.05, 3.63) is 64.7 Å². The molecule has 0 saturated carbocycles. The van der Waals surface area contributed by atoms with Crippen LogP contribution in [0.2, 0.25) is 0 Å². The second-order valence-electron chi connectivity index (χ2n) is 8.37. The number of amides is 1. The smallest absolute Gasteiger partial charge is 0.339 e. The van der Waals surface area contributed by atoms with Gasteiger partial charge in [-0.1, -0.05) is 18.2 Å². The van der Waals surface area contributed by atoms with Gasteiger partial charge in [-0.05, 0) is 55.5 Å². The minimum Gasteiger partial charge on any atom is -0.493 e. The monoisotopic (exact) mass is 503 g/mol. The summed E-state index contributed by atoms with van der Waals surface area (Å²) in [6, 6.07) is 13.0. The molecule has 36 heavy (non-hydrogen) atoms. The highest BCUT2D eigenvalue weighted by molar-refractivity contribution is 7.14. The van der Waals surface area contributed by atoms with Gasteiger partial charge in [0, 0.05) is 22.0 Å². The van der Waals surface area contributed by atoms with Crippen molar-refractivity contribution in [2.45, 2.75) is 25.7 Å². The van der Waals surface area contributed by atoms with E-state index < -0.39 is 18.5 Å². The zero-order valence-corrected chi connectivity index (χ0v) is 20.8. The number of carbonyl (C=O) groups excluding carboxylic acids is 2. The van der Waals surface area contributed by atoms with Crippen LogP contribution in [0, 0.1) is 0 Å². The highest BCUT2D eigenvalue weighted by Gasteiger charge is 2.24. The molecule has 0 aliphatic heterocycles. The van der Waals surface area contributed by atoms with Crippen LogP contribution in [0.25, 0.3) is 22.2 Å². The Hall–Kier alpha value is -3.98. The molecule has 2 aromatic carbocycles. The molecule has 0 unspecified atom stereocenters. The van der Waals surface area contributed by atoms with E-state index in [0.29, 0.717) is 27.9 Å². The first-order valence-electron chi connectivity index (χ1n) is 11.6. The van der Waals surface area contributed by atoms with E-state index in [4.69, 9.17) is 19.2 Å². The van der Waals surface area contributed by atoms with Crippen LogP contribution in [0.1, 0.15) is 34.5 Å². The third-order valence-corrected chi connectivity index (χ3v) is 6.90. The molecular weight excluding hydrogens is 478 g/mol. The van der Waals surface area contributed by atoms with Crippen molar-refractivity contribution in [2.75, 3.05) is 26.1 Å². The zero-order chi connectivity index (χ0) is 25.1. The molecule has 0 fully saturated rings. The molecule has 0 saturated heterocycles. The number of nitrogens with zero attached hydrogens (tertiary/aromatic N) is 2. The molecule has 5 rings (SSSR count). The lowest BCUT2D eigenvalue weighted by molar-refractivity contribution is -0.119. The van der Waals surface area contributed by atoms with Gasteiger partial charge in [0.05, 0.1) is 31.0 Å². The molecule has 0 bridgehead atoms. The van der Waals surface area contributed by atoms with E-state index >= 15 is 0 Å². The number of carbonyl (C=O) groups is 2. The molecule has 0 spiro atoms. The van der Waals surface area contributed by atoms with Crippen LogP contribution in [0.5, 0.6) is 11.5 Å². The van der Waals surface area contributed by atoms with Crippen LogP contribution in [0.15, 0.2) is 47.8 Å². The summed E-state index contributed by atoms with van der Waals surface area (Å²) in [5.74, 6) is 0.247. The van der Waals surface area contributed by atoms with E-state index in [-0.39, 0.29) is 0 Å². The number of benzene rings is 2. The fourth-order valence-corrected chi connectivity index (χ4v) is 5.16. The highest BCUT2D eigenvalue weighted by Crippen LogP contribution is 2.34. The summed E-state index contributed by atoms with van der Waals surface area (Å²) in [6.07, 6.45) is 3.67. The first kappa shape index (κ1) is 23.7. The molecular formula is C27H25N3O5S. The van der Waals surface area contributed by atoms with Gasteiger partial charge in [-0.25, -0.2) is 9.78 Å². The van der Waals surface area contributed by atoms with Gasteiger partial charge in [-0.3, -0.25) is 15.1 Å². The number of anilines is 1. The number of hydrogen-bond donors (Lipinski definition) is 1. The van der Waals surface area contributed by atoms with Crippen LogP contribution in [0.3, 0.4) is 0 Å². The molecule has 2 aromatic heterocycles. The topological polar surface area (TPSA) is 99.6 Å². The average molecular weight is 504 g/mol. The van der Waals surface area contributed by atoms with Gasteiger partial charge in [-0.2, -0.15) is 0 Å². The minimum atomic E-state index is -0.507. The normalized spacial score (nSPS) is 12.6. The van der Waals surface area contributed by atoms with Crippen LogP contribution in [0.4, 0.5) is 5.13 Å². The summed E-state index contributed by atoms with van der Waals surface area (Å²) < 4.78 is 16.1. The summed E-state index contributed by atoms with van der Waals surface area (Å²) in [7, 11) is 3.15. The Morgan fingerprint density at radius 3 is 2.64 bits per heavy atom. The van der Waals surface area contributed by atoms with Gasteiger partial charge in [0.2, 0.25) is 0 Å². The van der Waals surface area contributed by atoms with Crippen LogP contribution < -0.4 is 14.8 Å². The fourth-order valence-electron chi connectivity index (χ4n) is 4.42. The maximum atomic E-state index is 13.1. The number of pyridine rings is 1. The summed E-state index contributed by atoms with van der Waals surface area (Å²) in [5, 5.41) is 5.71. The summed E-state index contributed by atoms with van der Waals surface area (Å²) in [6.45, 7) is -0.407. The van der Waals surface area contributed by atoms with Crippen LogP contribution in [-0.4, -0.2) is 42.7 Å².